The van der Waals surface area contributed by atoms with Crippen LogP contribution in [0.1, 0.15) is 12.5 Å². The minimum absolute atomic E-state index is 0.0369. The number of carbonyl (C=O) groups is 2. The second-order valence-corrected chi connectivity index (χ2v) is 4.10. The summed E-state index contributed by atoms with van der Waals surface area (Å²) in [5, 5.41) is 0. The van der Waals surface area contributed by atoms with E-state index >= 15 is 0 Å². The summed E-state index contributed by atoms with van der Waals surface area (Å²) < 4.78 is 0. The van der Waals surface area contributed by atoms with Gasteiger partial charge in [-0.3, -0.25) is 9.59 Å². The highest BCUT2D eigenvalue weighted by molar-refractivity contribution is 5.97. The van der Waals surface area contributed by atoms with Crippen molar-refractivity contribution in [2.75, 3.05) is 13.2 Å². The molecule has 0 atom stereocenters. The van der Waals surface area contributed by atoms with Crippen molar-refractivity contribution in [3.8, 4) is 11.8 Å². The molecular formula is C14H14N2O2. The van der Waals surface area contributed by atoms with Gasteiger partial charge in [0, 0.05) is 6.54 Å². The third kappa shape index (κ3) is 2.69. The second-order valence-electron chi connectivity index (χ2n) is 4.10. The zero-order valence-corrected chi connectivity index (χ0v) is 10.2. The monoisotopic (exact) mass is 242 g/mol. The standard InChI is InChI=1S/C14H14N2O2/c1-2-6-13(17)16-10-14(18)15(11-16)9-12-7-4-3-5-8-12/h3-5,7-8H,9-11H2,1H3. The zero-order valence-electron chi connectivity index (χ0n) is 10.2. The summed E-state index contributed by atoms with van der Waals surface area (Å²) in [7, 11) is 0. The fourth-order valence-electron chi connectivity index (χ4n) is 1.86. The van der Waals surface area contributed by atoms with Gasteiger partial charge in [-0.2, -0.15) is 0 Å². The van der Waals surface area contributed by atoms with Crippen LogP contribution in [0, 0.1) is 11.8 Å². The molecule has 18 heavy (non-hydrogen) atoms. The Morgan fingerprint density at radius 3 is 2.72 bits per heavy atom. The largest absolute Gasteiger partial charge is 0.319 e. The molecule has 1 aliphatic rings. The fourth-order valence-corrected chi connectivity index (χ4v) is 1.86. The van der Waals surface area contributed by atoms with E-state index in [4.69, 9.17) is 0 Å². The van der Waals surface area contributed by atoms with Crippen LogP contribution in [-0.2, 0) is 16.1 Å². The lowest BCUT2D eigenvalue weighted by atomic mass is 10.2. The predicted molar refractivity (Wildman–Crippen MR) is 67.0 cm³/mol. The van der Waals surface area contributed by atoms with Crippen molar-refractivity contribution in [2.45, 2.75) is 13.5 Å². The molecule has 0 saturated carbocycles. The van der Waals surface area contributed by atoms with Crippen molar-refractivity contribution in [3.05, 3.63) is 35.9 Å². The lowest BCUT2D eigenvalue weighted by molar-refractivity contribution is -0.128. The fraction of sp³-hybridized carbons (Fsp3) is 0.286. The zero-order chi connectivity index (χ0) is 13.0. The van der Waals surface area contributed by atoms with E-state index in [2.05, 4.69) is 11.8 Å². The molecule has 2 rings (SSSR count). The average molecular weight is 242 g/mol. The number of amides is 2. The molecule has 0 unspecified atom stereocenters. The van der Waals surface area contributed by atoms with Crippen LogP contribution in [0.3, 0.4) is 0 Å². The molecule has 1 heterocycles. The molecule has 1 saturated heterocycles. The van der Waals surface area contributed by atoms with Crippen molar-refractivity contribution in [1.29, 1.82) is 0 Å². The Labute approximate surface area is 106 Å². The molecule has 0 aromatic heterocycles. The summed E-state index contributed by atoms with van der Waals surface area (Å²) in [6.45, 7) is 2.59. The molecule has 4 heteroatoms. The first kappa shape index (κ1) is 12.2. The smallest absolute Gasteiger partial charge is 0.300 e. The highest BCUT2D eigenvalue weighted by Gasteiger charge is 2.29. The number of carbonyl (C=O) groups excluding carboxylic acids is 2. The van der Waals surface area contributed by atoms with E-state index in [0.717, 1.165) is 5.56 Å². The molecule has 1 fully saturated rings. The number of nitrogens with zero attached hydrogens (tertiary/aromatic N) is 2. The summed E-state index contributed by atoms with van der Waals surface area (Å²) in [5.74, 6) is 4.68. The highest BCUT2D eigenvalue weighted by Crippen LogP contribution is 2.11. The molecule has 0 bridgehead atoms. The number of benzene rings is 1. The lowest BCUT2D eigenvalue weighted by Gasteiger charge is -2.16. The van der Waals surface area contributed by atoms with Crippen molar-refractivity contribution in [1.82, 2.24) is 9.80 Å². The maximum atomic E-state index is 11.8. The first-order valence-electron chi connectivity index (χ1n) is 5.74. The Morgan fingerprint density at radius 2 is 2.06 bits per heavy atom. The minimum Gasteiger partial charge on any atom is -0.319 e. The van der Waals surface area contributed by atoms with Crippen LogP contribution in [0.5, 0.6) is 0 Å². The van der Waals surface area contributed by atoms with E-state index in [1.165, 1.54) is 4.90 Å². The molecule has 1 aromatic carbocycles. The van der Waals surface area contributed by atoms with Gasteiger partial charge in [-0.05, 0) is 18.4 Å². The Bertz CT molecular complexity index is 514. The van der Waals surface area contributed by atoms with Crippen molar-refractivity contribution < 1.29 is 9.59 Å². The number of hydrogen-bond donors (Lipinski definition) is 0. The number of hydrogen-bond acceptors (Lipinski definition) is 2. The van der Waals surface area contributed by atoms with Gasteiger partial charge in [0.05, 0.1) is 6.67 Å². The van der Waals surface area contributed by atoms with E-state index in [9.17, 15) is 9.59 Å². The van der Waals surface area contributed by atoms with E-state index in [1.807, 2.05) is 30.3 Å². The van der Waals surface area contributed by atoms with Crippen LogP contribution in [0.4, 0.5) is 0 Å². The van der Waals surface area contributed by atoms with Gasteiger partial charge in [0.2, 0.25) is 5.91 Å². The summed E-state index contributed by atoms with van der Waals surface area (Å²) in [5.41, 5.74) is 1.06. The summed E-state index contributed by atoms with van der Waals surface area (Å²) in [4.78, 5) is 26.5. The molecule has 1 aliphatic heterocycles. The third-order valence-corrected chi connectivity index (χ3v) is 2.76. The van der Waals surface area contributed by atoms with E-state index < -0.39 is 0 Å². The van der Waals surface area contributed by atoms with E-state index in [0.29, 0.717) is 13.2 Å². The summed E-state index contributed by atoms with van der Waals surface area (Å²) >= 11 is 0. The van der Waals surface area contributed by atoms with Gasteiger partial charge in [0.25, 0.3) is 5.91 Å². The maximum absolute atomic E-state index is 11.8. The van der Waals surface area contributed by atoms with Crippen LogP contribution in [0.15, 0.2) is 30.3 Å². The maximum Gasteiger partial charge on any atom is 0.300 e. The lowest BCUT2D eigenvalue weighted by Crippen LogP contribution is -2.30. The van der Waals surface area contributed by atoms with Gasteiger partial charge in [-0.25, -0.2) is 0 Å². The quantitative estimate of drug-likeness (QED) is 0.721. The van der Waals surface area contributed by atoms with Crippen LogP contribution in [-0.4, -0.2) is 34.8 Å². The minimum atomic E-state index is -0.290. The average Bonchev–Trinajstić information content (AvgIpc) is 2.73. The molecule has 0 radical (unpaired) electrons. The summed E-state index contributed by atoms with van der Waals surface area (Å²) in [6, 6.07) is 9.72. The van der Waals surface area contributed by atoms with Crippen molar-refractivity contribution >= 4 is 11.8 Å². The molecule has 2 amide bonds. The van der Waals surface area contributed by atoms with Gasteiger partial charge < -0.3 is 9.80 Å². The molecule has 1 aromatic rings. The van der Waals surface area contributed by atoms with Crippen LogP contribution in [0.2, 0.25) is 0 Å². The van der Waals surface area contributed by atoms with Crippen molar-refractivity contribution in [2.24, 2.45) is 0 Å². The van der Waals surface area contributed by atoms with Crippen molar-refractivity contribution in [3.63, 3.8) is 0 Å². The van der Waals surface area contributed by atoms with Gasteiger partial charge in [0.15, 0.2) is 0 Å². The van der Waals surface area contributed by atoms with Gasteiger partial charge in [-0.1, -0.05) is 36.3 Å². The Morgan fingerprint density at radius 1 is 1.33 bits per heavy atom. The van der Waals surface area contributed by atoms with E-state index in [-0.39, 0.29) is 18.4 Å². The van der Waals surface area contributed by atoms with Gasteiger partial charge >= 0.3 is 0 Å². The Kier molecular flexibility index (Phi) is 3.63. The Hall–Kier alpha value is -2.28. The van der Waals surface area contributed by atoms with Crippen LogP contribution >= 0.6 is 0 Å². The van der Waals surface area contributed by atoms with E-state index in [1.54, 1.807) is 11.8 Å². The van der Waals surface area contributed by atoms with Gasteiger partial charge in [-0.15, -0.1) is 0 Å². The molecule has 4 nitrogen and oxygen atoms in total. The third-order valence-electron chi connectivity index (χ3n) is 2.76. The number of rotatable bonds is 2. The highest BCUT2D eigenvalue weighted by atomic mass is 16.2. The summed E-state index contributed by atoms with van der Waals surface area (Å²) in [6.07, 6.45) is 0. The molecule has 0 aliphatic carbocycles. The van der Waals surface area contributed by atoms with Gasteiger partial charge in [0.1, 0.15) is 6.54 Å². The molecule has 0 N–H and O–H groups in total. The topological polar surface area (TPSA) is 40.6 Å². The molecule has 92 valence electrons. The first-order chi connectivity index (χ1) is 8.70. The SMILES string of the molecule is CC#CC(=O)N1CC(=O)N(Cc2ccccc2)C1. The van der Waals surface area contributed by atoms with Crippen LogP contribution < -0.4 is 0 Å². The first-order valence-corrected chi connectivity index (χ1v) is 5.74. The normalized spacial score (nSPS) is 14.4. The predicted octanol–water partition coefficient (Wildman–Crippen LogP) is 0.838. The second kappa shape index (κ2) is 5.37. The molecular weight excluding hydrogens is 228 g/mol. The Balaban J connectivity index is 2.01. The molecule has 0 spiro atoms. The van der Waals surface area contributed by atoms with Crippen LogP contribution in [0.25, 0.3) is 0 Å².